The molecule has 0 fully saturated rings. The smallest absolute Gasteiger partial charge is 0.435 e. The predicted molar refractivity (Wildman–Crippen MR) is 68.9 cm³/mol. The Hall–Kier alpha value is -2.77. The highest BCUT2D eigenvalue weighted by atomic mass is 19.4. The number of nitrogen functional groups attached to an aromatic ring is 1. The SMILES string of the molecule is Nc1ccccc1Oc1nccn2nc(C(F)(F)F)cc12. The minimum absolute atomic E-state index is 0.00148. The van der Waals surface area contributed by atoms with E-state index in [1.54, 1.807) is 24.3 Å². The van der Waals surface area contributed by atoms with E-state index in [-0.39, 0.29) is 11.4 Å². The molecule has 2 N–H and O–H groups in total. The molecule has 21 heavy (non-hydrogen) atoms. The van der Waals surface area contributed by atoms with Crippen LogP contribution < -0.4 is 10.5 Å². The molecule has 0 unspecified atom stereocenters. The minimum Gasteiger partial charge on any atom is -0.435 e. The van der Waals surface area contributed by atoms with Crippen LogP contribution in [0.2, 0.25) is 0 Å². The molecule has 0 aliphatic heterocycles. The highest BCUT2D eigenvalue weighted by molar-refractivity contribution is 5.60. The number of nitrogens with zero attached hydrogens (tertiary/aromatic N) is 3. The number of hydrogen-bond donors (Lipinski definition) is 1. The molecule has 0 spiro atoms. The lowest BCUT2D eigenvalue weighted by atomic mass is 10.3. The molecule has 0 saturated carbocycles. The lowest BCUT2D eigenvalue weighted by Crippen LogP contribution is -2.05. The summed E-state index contributed by atoms with van der Waals surface area (Å²) in [6, 6.07) is 7.51. The van der Waals surface area contributed by atoms with Gasteiger partial charge in [0.05, 0.1) is 5.69 Å². The topological polar surface area (TPSA) is 65.4 Å². The third-order valence-corrected chi connectivity index (χ3v) is 2.77. The molecule has 8 heteroatoms. The Balaban J connectivity index is 2.07. The van der Waals surface area contributed by atoms with Crippen LogP contribution >= 0.6 is 0 Å². The first-order valence-electron chi connectivity index (χ1n) is 5.89. The first-order chi connectivity index (χ1) is 9.95. The highest BCUT2D eigenvalue weighted by Crippen LogP contribution is 2.32. The second-order valence-corrected chi connectivity index (χ2v) is 4.23. The van der Waals surface area contributed by atoms with E-state index in [9.17, 15) is 13.2 Å². The molecule has 0 atom stereocenters. The zero-order chi connectivity index (χ0) is 15.0. The van der Waals surface area contributed by atoms with Crippen LogP contribution in [0, 0.1) is 0 Å². The molecule has 5 nitrogen and oxygen atoms in total. The Morgan fingerprint density at radius 3 is 2.67 bits per heavy atom. The summed E-state index contributed by atoms with van der Waals surface area (Å²) in [7, 11) is 0. The van der Waals surface area contributed by atoms with Crippen LogP contribution in [-0.2, 0) is 6.18 Å². The number of alkyl halides is 3. The molecule has 1 aromatic carbocycles. The first-order valence-corrected chi connectivity index (χ1v) is 5.89. The zero-order valence-corrected chi connectivity index (χ0v) is 10.5. The quantitative estimate of drug-likeness (QED) is 0.737. The van der Waals surface area contributed by atoms with Gasteiger partial charge in [-0.1, -0.05) is 12.1 Å². The average molecular weight is 294 g/mol. The summed E-state index contributed by atoms with van der Waals surface area (Å²) in [4.78, 5) is 3.93. The summed E-state index contributed by atoms with van der Waals surface area (Å²) >= 11 is 0. The number of nitrogens with two attached hydrogens (primary N) is 1. The molecule has 0 radical (unpaired) electrons. The second kappa shape index (κ2) is 4.65. The van der Waals surface area contributed by atoms with Crippen molar-refractivity contribution in [1.29, 1.82) is 0 Å². The van der Waals surface area contributed by atoms with Crippen LogP contribution in [0.1, 0.15) is 5.69 Å². The Labute approximate surface area is 116 Å². The number of benzene rings is 1. The van der Waals surface area contributed by atoms with Crippen LogP contribution in [0.5, 0.6) is 11.6 Å². The fraction of sp³-hybridized carbons (Fsp3) is 0.0769. The summed E-state index contributed by atoms with van der Waals surface area (Å²) < 4.78 is 44.6. The number of fused-ring (bicyclic) bond motifs is 1. The third kappa shape index (κ3) is 2.47. The standard InChI is InChI=1S/C13H9F3N4O/c14-13(15,16)11-7-9-12(18-5-6-20(9)19-11)21-10-4-2-1-3-8(10)17/h1-7H,17H2. The van der Waals surface area contributed by atoms with Gasteiger partial charge in [-0.15, -0.1) is 0 Å². The molecular weight excluding hydrogens is 285 g/mol. The molecule has 0 bridgehead atoms. The summed E-state index contributed by atoms with van der Waals surface area (Å²) in [6.45, 7) is 0. The Morgan fingerprint density at radius 2 is 1.95 bits per heavy atom. The maximum atomic E-state index is 12.7. The Morgan fingerprint density at radius 1 is 1.19 bits per heavy atom. The number of ether oxygens (including phenoxy) is 1. The lowest BCUT2D eigenvalue weighted by molar-refractivity contribution is -0.141. The fourth-order valence-electron chi connectivity index (χ4n) is 1.79. The number of halogens is 3. The third-order valence-electron chi connectivity index (χ3n) is 2.77. The van der Waals surface area contributed by atoms with Gasteiger partial charge in [0.15, 0.2) is 11.4 Å². The largest absolute Gasteiger partial charge is 0.435 e. The van der Waals surface area contributed by atoms with E-state index in [2.05, 4.69) is 10.1 Å². The van der Waals surface area contributed by atoms with Crippen LogP contribution in [0.4, 0.5) is 18.9 Å². The molecule has 2 heterocycles. The van der Waals surface area contributed by atoms with Crippen LogP contribution in [0.25, 0.3) is 5.52 Å². The van der Waals surface area contributed by atoms with Gasteiger partial charge < -0.3 is 10.5 Å². The number of para-hydroxylation sites is 2. The van der Waals surface area contributed by atoms with Gasteiger partial charge in [-0.2, -0.15) is 18.3 Å². The average Bonchev–Trinajstić information content (AvgIpc) is 2.86. The maximum Gasteiger partial charge on any atom is 0.435 e. The summed E-state index contributed by atoms with van der Waals surface area (Å²) in [5.74, 6) is 0.311. The van der Waals surface area contributed by atoms with E-state index in [1.165, 1.54) is 12.4 Å². The van der Waals surface area contributed by atoms with E-state index in [0.29, 0.717) is 11.4 Å². The minimum atomic E-state index is -4.53. The fourth-order valence-corrected chi connectivity index (χ4v) is 1.79. The normalized spacial score (nSPS) is 11.8. The molecule has 0 aliphatic carbocycles. The van der Waals surface area contributed by atoms with Crippen LogP contribution in [-0.4, -0.2) is 14.6 Å². The molecule has 3 rings (SSSR count). The molecule has 0 amide bonds. The van der Waals surface area contributed by atoms with Gasteiger partial charge in [-0.05, 0) is 12.1 Å². The second-order valence-electron chi connectivity index (χ2n) is 4.23. The zero-order valence-electron chi connectivity index (χ0n) is 10.5. The van der Waals surface area contributed by atoms with Crippen molar-refractivity contribution in [3.63, 3.8) is 0 Å². The van der Waals surface area contributed by atoms with Crippen molar-refractivity contribution >= 4 is 11.2 Å². The van der Waals surface area contributed by atoms with Crippen LogP contribution in [0.3, 0.4) is 0 Å². The molecule has 0 saturated heterocycles. The summed E-state index contributed by atoms with van der Waals surface area (Å²) in [5, 5.41) is 3.45. The summed E-state index contributed by atoms with van der Waals surface area (Å²) in [6.07, 6.45) is -1.92. The van der Waals surface area contributed by atoms with E-state index < -0.39 is 11.9 Å². The van der Waals surface area contributed by atoms with Crippen molar-refractivity contribution in [1.82, 2.24) is 14.6 Å². The van der Waals surface area contributed by atoms with Crippen molar-refractivity contribution in [2.75, 3.05) is 5.73 Å². The van der Waals surface area contributed by atoms with E-state index >= 15 is 0 Å². The number of rotatable bonds is 2. The predicted octanol–water partition coefficient (Wildman–Crippen LogP) is 3.12. The van der Waals surface area contributed by atoms with Gasteiger partial charge in [0.25, 0.3) is 0 Å². The van der Waals surface area contributed by atoms with Crippen molar-refractivity contribution < 1.29 is 17.9 Å². The van der Waals surface area contributed by atoms with Gasteiger partial charge in [0, 0.05) is 18.5 Å². The van der Waals surface area contributed by atoms with Crippen LogP contribution in [0.15, 0.2) is 42.7 Å². The molecule has 108 valence electrons. The van der Waals surface area contributed by atoms with Gasteiger partial charge in [0.1, 0.15) is 5.52 Å². The monoisotopic (exact) mass is 294 g/mol. The van der Waals surface area contributed by atoms with E-state index in [0.717, 1.165) is 10.6 Å². The van der Waals surface area contributed by atoms with Gasteiger partial charge in [0.2, 0.25) is 5.88 Å². The summed E-state index contributed by atoms with van der Waals surface area (Å²) in [5.41, 5.74) is 5.18. The highest BCUT2D eigenvalue weighted by Gasteiger charge is 2.34. The lowest BCUT2D eigenvalue weighted by Gasteiger charge is -2.07. The van der Waals surface area contributed by atoms with E-state index in [4.69, 9.17) is 10.5 Å². The Bertz CT molecular complexity index is 797. The molecule has 0 aliphatic rings. The van der Waals surface area contributed by atoms with E-state index in [1.807, 2.05) is 0 Å². The molecular formula is C13H9F3N4O. The van der Waals surface area contributed by atoms with Crippen molar-refractivity contribution in [2.24, 2.45) is 0 Å². The van der Waals surface area contributed by atoms with Crippen molar-refractivity contribution in [3.05, 3.63) is 48.4 Å². The first kappa shape index (κ1) is 13.2. The number of hydrogen-bond acceptors (Lipinski definition) is 4. The van der Waals surface area contributed by atoms with Crippen molar-refractivity contribution in [3.8, 4) is 11.6 Å². The molecule has 3 aromatic rings. The maximum absolute atomic E-state index is 12.7. The number of aromatic nitrogens is 3. The number of anilines is 1. The molecule has 2 aromatic heterocycles. The Kier molecular flexibility index (Phi) is 2.93. The van der Waals surface area contributed by atoms with Gasteiger partial charge >= 0.3 is 6.18 Å². The van der Waals surface area contributed by atoms with Gasteiger partial charge in [-0.25, -0.2) is 9.50 Å². The van der Waals surface area contributed by atoms with Gasteiger partial charge in [-0.3, -0.25) is 0 Å². The van der Waals surface area contributed by atoms with Crippen molar-refractivity contribution in [2.45, 2.75) is 6.18 Å².